The van der Waals surface area contributed by atoms with E-state index in [0.29, 0.717) is 0 Å². The van der Waals surface area contributed by atoms with Crippen molar-refractivity contribution in [2.24, 2.45) is 11.1 Å². The highest BCUT2D eigenvalue weighted by Crippen LogP contribution is 2.58. The number of halogens is 4. The standard InChI is InChI=1S/C11H11F4N/c1-11(2)7(10(11)16)6-8(14)4(12)3-5(13)9(6)15/h3,7,10H,16H2,1-2H3. The SMILES string of the molecule is CC1(C)C(N)C1c1c(F)c(F)cc(F)c1F. The molecule has 2 atom stereocenters. The Morgan fingerprint density at radius 1 is 1.06 bits per heavy atom. The van der Waals surface area contributed by atoms with E-state index in [0.717, 1.165) is 0 Å². The molecule has 0 heterocycles. The van der Waals surface area contributed by atoms with Crippen LogP contribution in [0.15, 0.2) is 6.07 Å². The molecule has 1 aliphatic carbocycles. The van der Waals surface area contributed by atoms with E-state index < -0.39 is 46.2 Å². The van der Waals surface area contributed by atoms with E-state index in [4.69, 9.17) is 5.73 Å². The number of hydrogen-bond acceptors (Lipinski definition) is 1. The fourth-order valence-corrected chi connectivity index (χ4v) is 2.09. The Morgan fingerprint density at radius 2 is 1.44 bits per heavy atom. The Kier molecular flexibility index (Phi) is 2.28. The maximum Gasteiger partial charge on any atom is 0.165 e. The molecule has 0 amide bonds. The molecular weight excluding hydrogens is 222 g/mol. The first-order chi connectivity index (χ1) is 7.28. The second-order valence-corrected chi connectivity index (χ2v) is 4.71. The van der Waals surface area contributed by atoms with E-state index >= 15 is 0 Å². The summed E-state index contributed by atoms with van der Waals surface area (Å²) in [6.07, 6.45) is 0. The number of hydrogen-bond donors (Lipinski definition) is 1. The minimum Gasteiger partial charge on any atom is -0.327 e. The molecule has 0 aliphatic heterocycles. The quantitative estimate of drug-likeness (QED) is 0.585. The molecule has 2 N–H and O–H groups in total. The second kappa shape index (κ2) is 3.20. The average Bonchev–Trinajstić information content (AvgIpc) is 2.66. The molecule has 0 bridgehead atoms. The minimum atomic E-state index is -1.39. The van der Waals surface area contributed by atoms with Gasteiger partial charge in [0.25, 0.3) is 0 Å². The van der Waals surface area contributed by atoms with Crippen LogP contribution in [0.4, 0.5) is 17.6 Å². The molecule has 1 aliphatic rings. The van der Waals surface area contributed by atoms with Crippen molar-refractivity contribution in [1.29, 1.82) is 0 Å². The van der Waals surface area contributed by atoms with Gasteiger partial charge >= 0.3 is 0 Å². The third-order valence-corrected chi connectivity index (χ3v) is 3.37. The second-order valence-electron chi connectivity index (χ2n) is 4.71. The summed E-state index contributed by atoms with van der Waals surface area (Å²) in [4.78, 5) is 0. The lowest BCUT2D eigenvalue weighted by molar-refractivity contribution is 0.432. The third kappa shape index (κ3) is 1.34. The van der Waals surface area contributed by atoms with E-state index in [1.54, 1.807) is 13.8 Å². The first kappa shape index (κ1) is 11.4. The van der Waals surface area contributed by atoms with Gasteiger partial charge < -0.3 is 5.73 Å². The lowest BCUT2D eigenvalue weighted by atomic mass is 10.0. The van der Waals surface area contributed by atoms with E-state index in [1.165, 1.54) is 0 Å². The van der Waals surface area contributed by atoms with Gasteiger partial charge in [-0.25, -0.2) is 17.6 Å². The summed E-state index contributed by atoms with van der Waals surface area (Å²) in [5, 5.41) is 0. The van der Waals surface area contributed by atoms with Crippen molar-refractivity contribution >= 4 is 0 Å². The van der Waals surface area contributed by atoms with Gasteiger partial charge in [-0.3, -0.25) is 0 Å². The molecule has 5 heteroatoms. The zero-order chi connectivity index (χ0) is 12.2. The van der Waals surface area contributed by atoms with Crippen molar-refractivity contribution in [2.45, 2.75) is 25.8 Å². The van der Waals surface area contributed by atoms with Crippen LogP contribution in [0.3, 0.4) is 0 Å². The fourth-order valence-electron chi connectivity index (χ4n) is 2.09. The third-order valence-electron chi connectivity index (χ3n) is 3.37. The van der Waals surface area contributed by atoms with Crippen molar-refractivity contribution in [3.05, 3.63) is 34.9 Å². The van der Waals surface area contributed by atoms with Gasteiger partial charge in [0.05, 0.1) is 0 Å². The van der Waals surface area contributed by atoms with Crippen LogP contribution in [0.5, 0.6) is 0 Å². The summed E-state index contributed by atoms with van der Waals surface area (Å²) in [5.41, 5.74) is 4.52. The van der Waals surface area contributed by atoms with Gasteiger partial charge in [-0.15, -0.1) is 0 Å². The lowest BCUT2D eigenvalue weighted by Gasteiger charge is -2.07. The molecule has 0 radical (unpaired) electrons. The average molecular weight is 233 g/mol. The highest BCUT2D eigenvalue weighted by molar-refractivity contribution is 5.37. The van der Waals surface area contributed by atoms with Crippen LogP contribution in [-0.4, -0.2) is 6.04 Å². The highest BCUT2D eigenvalue weighted by Gasteiger charge is 2.58. The monoisotopic (exact) mass is 233 g/mol. The van der Waals surface area contributed by atoms with E-state index in [9.17, 15) is 17.6 Å². The molecule has 0 saturated heterocycles. The van der Waals surface area contributed by atoms with Crippen molar-refractivity contribution in [3.8, 4) is 0 Å². The van der Waals surface area contributed by atoms with Crippen molar-refractivity contribution in [1.82, 2.24) is 0 Å². The van der Waals surface area contributed by atoms with Crippen LogP contribution < -0.4 is 5.73 Å². The van der Waals surface area contributed by atoms with Crippen LogP contribution in [0, 0.1) is 28.7 Å². The smallest absolute Gasteiger partial charge is 0.165 e. The Balaban J connectivity index is 2.58. The summed E-state index contributed by atoms with van der Waals surface area (Å²) in [7, 11) is 0. The zero-order valence-electron chi connectivity index (χ0n) is 8.82. The van der Waals surface area contributed by atoms with E-state index in [2.05, 4.69) is 0 Å². The first-order valence-electron chi connectivity index (χ1n) is 4.87. The van der Waals surface area contributed by atoms with Crippen LogP contribution in [0.2, 0.25) is 0 Å². The van der Waals surface area contributed by atoms with Crippen molar-refractivity contribution in [3.63, 3.8) is 0 Å². The molecule has 0 spiro atoms. The maximum atomic E-state index is 13.4. The molecular formula is C11H11F4N. The summed E-state index contributed by atoms with van der Waals surface area (Å²) in [6, 6.07) is -0.285. The molecule has 1 nitrogen and oxygen atoms in total. The van der Waals surface area contributed by atoms with Gasteiger partial charge in [-0.2, -0.15) is 0 Å². The summed E-state index contributed by atoms with van der Waals surface area (Å²) in [6.45, 7) is 3.40. The van der Waals surface area contributed by atoms with Crippen LogP contribution in [0.25, 0.3) is 0 Å². The number of nitrogens with two attached hydrogens (primary N) is 1. The highest BCUT2D eigenvalue weighted by atomic mass is 19.2. The first-order valence-corrected chi connectivity index (χ1v) is 4.87. The lowest BCUT2D eigenvalue weighted by Crippen LogP contribution is -2.08. The fraction of sp³-hybridized carbons (Fsp3) is 0.455. The molecule has 88 valence electrons. The van der Waals surface area contributed by atoms with Gasteiger partial charge in [0.2, 0.25) is 0 Å². The van der Waals surface area contributed by atoms with E-state index in [1.807, 2.05) is 0 Å². The van der Waals surface area contributed by atoms with Crippen LogP contribution in [0.1, 0.15) is 25.3 Å². The molecule has 2 unspecified atom stereocenters. The van der Waals surface area contributed by atoms with Crippen LogP contribution in [-0.2, 0) is 0 Å². The van der Waals surface area contributed by atoms with Gasteiger partial charge in [-0.05, 0) is 5.41 Å². The molecule has 0 aromatic heterocycles. The molecule has 1 saturated carbocycles. The minimum absolute atomic E-state index is 0.203. The van der Waals surface area contributed by atoms with Gasteiger partial charge in [0.1, 0.15) is 0 Å². The number of rotatable bonds is 1. The Bertz CT molecular complexity index is 430. The van der Waals surface area contributed by atoms with E-state index in [-0.39, 0.29) is 6.07 Å². The summed E-state index contributed by atoms with van der Waals surface area (Å²) in [5.74, 6) is -6.14. The topological polar surface area (TPSA) is 26.0 Å². The van der Waals surface area contributed by atoms with Crippen molar-refractivity contribution < 1.29 is 17.6 Å². The maximum absolute atomic E-state index is 13.4. The molecule has 16 heavy (non-hydrogen) atoms. The Labute approximate surface area is 90.3 Å². The molecule has 1 aromatic carbocycles. The van der Waals surface area contributed by atoms with Gasteiger partial charge in [-0.1, -0.05) is 13.8 Å². The van der Waals surface area contributed by atoms with Crippen LogP contribution >= 0.6 is 0 Å². The van der Waals surface area contributed by atoms with Gasteiger partial charge in [0.15, 0.2) is 23.3 Å². The molecule has 1 fully saturated rings. The Hall–Kier alpha value is -1.10. The van der Waals surface area contributed by atoms with Crippen molar-refractivity contribution in [2.75, 3.05) is 0 Å². The Morgan fingerprint density at radius 3 is 1.75 bits per heavy atom. The molecule has 2 rings (SSSR count). The summed E-state index contributed by atoms with van der Waals surface area (Å²) >= 11 is 0. The zero-order valence-corrected chi connectivity index (χ0v) is 8.82. The van der Waals surface area contributed by atoms with Gasteiger partial charge in [0, 0.05) is 23.6 Å². The number of benzene rings is 1. The summed E-state index contributed by atoms with van der Waals surface area (Å²) < 4.78 is 52.8. The largest absolute Gasteiger partial charge is 0.327 e. The predicted octanol–water partition coefficient (Wildman–Crippen LogP) is 2.69. The predicted molar refractivity (Wildman–Crippen MR) is 50.8 cm³/mol. The molecule has 1 aromatic rings. The normalized spacial score (nSPS) is 26.9.